The number of nitrogens with one attached hydrogen (secondary N) is 3. The second-order valence-corrected chi connectivity index (χ2v) is 6.37. The molecule has 3 N–H and O–H groups in total. The molecule has 0 aliphatic rings. The van der Waals surface area contributed by atoms with Crippen LogP contribution in [-0.2, 0) is 25.7 Å². The fourth-order valence-corrected chi connectivity index (χ4v) is 2.46. The lowest BCUT2D eigenvalue weighted by atomic mass is 10.3. The number of aromatic amines is 2. The average molecular weight is 409 g/mol. The summed E-state index contributed by atoms with van der Waals surface area (Å²) in [6.07, 6.45) is 3.15. The van der Waals surface area contributed by atoms with Gasteiger partial charge in [0.2, 0.25) is 5.95 Å². The van der Waals surface area contributed by atoms with Crippen LogP contribution in [0.4, 0.5) is 11.9 Å². The molecule has 0 spiro atoms. The zero-order valence-electron chi connectivity index (χ0n) is 16.4. The first kappa shape index (κ1) is 19.3. The summed E-state index contributed by atoms with van der Waals surface area (Å²) in [5.41, 5.74) is 0. The van der Waals surface area contributed by atoms with E-state index in [1.54, 1.807) is 6.92 Å². The maximum atomic E-state index is 4.42. The van der Waals surface area contributed by atoms with Gasteiger partial charge in [0.25, 0.3) is 5.95 Å². The van der Waals surface area contributed by atoms with Gasteiger partial charge in [0.05, 0.1) is 6.42 Å². The number of H-pyrrole nitrogens is 2. The predicted molar refractivity (Wildman–Crippen MR) is 100 cm³/mol. The standard InChI is InChI=1S/C15H19N15/c1-3-4-10-21-23-11(24-22-10)6-5-9-17-12(25-20-9)7-13-26-29-15(30-27-13)18-14-16-8(2)19-28-14/h3-7H2,1-2H3,(H,17,20,25)(H2,16,18,19,28,29,30). The summed E-state index contributed by atoms with van der Waals surface area (Å²) in [6.45, 7) is 3.84. The molecule has 0 aromatic carbocycles. The molecule has 154 valence electrons. The van der Waals surface area contributed by atoms with Crippen LogP contribution in [0.3, 0.4) is 0 Å². The Labute approximate surface area is 170 Å². The molecule has 4 heterocycles. The zero-order valence-corrected chi connectivity index (χ0v) is 16.4. The number of nitrogens with zero attached hydrogens (tertiary/aromatic N) is 12. The van der Waals surface area contributed by atoms with Gasteiger partial charge in [-0.25, -0.2) is 4.98 Å². The minimum absolute atomic E-state index is 0.197. The summed E-state index contributed by atoms with van der Waals surface area (Å²) in [5.74, 6) is 4.06. The molecule has 0 atom stereocenters. The van der Waals surface area contributed by atoms with Crippen molar-refractivity contribution in [2.45, 2.75) is 46.0 Å². The number of aromatic nitrogens is 14. The van der Waals surface area contributed by atoms with Crippen molar-refractivity contribution in [3.05, 3.63) is 34.9 Å². The lowest BCUT2D eigenvalue weighted by Crippen LogP contribution is -2.07. The molecular formula is C15H19N15. The van der Waals surface area contributed by atoms with E-state index in [1.165, 1.54) is 0 Å². The highest BCUT2D eigenvalue weighted by Gasteiger charge is 2.10. The summed E-state index contributed by atoms with van der Waals surface area (Å²) >= 11 is 0. The van der Waals surface area contributed by atoms with E-state index in [2.05, 4.69) is 83.4 Å². The van der Waals surface area contributed by atoms with Crippen molar-refractivity contribution in [2.24, 2.45) is 0 Å². The number of anilines is 2. The molecule has 0 aliphatic heterocycles. The topological polar surface area (TPSA) is 198 Å². The molecule has 4 aromatic rings. The number of aryl methyl sites for hydroxylation is 4. The Balaban J connectivity index is 1.29. The van der Waals surface area contributed by atoms with Gasteiger partial charge in [0, 0.05) is 19.3 Å². The molecule has 15 nitrogen and oxygen atoms in total. The molecule has 4 rings (SSSR count). The second kappa shape index (κ2) is 8.97. The molecule has 0 aliphatic carbocycles. The fourth-order valence-electron chi connectivity index (χ4n) is 2.46. The van der Waals surface area contributed by atoms with Crippen molar-refractivity contribution in [1.29, 1.82) is 0 Å². The van der Waals surface area contributed by atoms with Crippen LogP contribution in [0.2, 0.25) is 0 Å². The Kier molecular flexibility index (Phi) is 5.77. The van der Waals surface area contributed by atoms with Gasteiger partial charge in [0.1, 0.15) is 11.6 Å². The highest BCUT2D eigenvalue weighted by molar-refractivity contribution is 5.39. The van der Waals surface area contributed by atoms with Gasteiger partial charge in [-0.1, -0.05) is 6.92 Å². The van der Waals surface area contributed by atoms with Gasteiger partial charge >= 0.3 is 0 Å². The van der Waals surface area contributed by atoms with Gasteiger partial charge in [-0.05, 0) is 13.3 Å². The Morgan fingerprint density at radius 2 is 1.33 bits per heavy atom. The van der Waals surface area contributed by atoms with E-state index in [9.17, 15) is 0 Å². The number of hydrogen-bond donors (Lipinski definition) is 3. The molecule has 30 heavy (non-hydrogen) atoms. The smallest absolute Gasteiger partial charge is 0.268 e. The van der Waals surface area contributed by atoms with E-state index in [4.69, 9.17) is 0 Å². The monoisotopic (exact) mass is 409 g/mol. The lowest BCUT2D eigenvalue weighted by Gasteiger charge is -1.98. The minimum Gasteiger partial charge on any atom is -0.289 e. The fraction of sp³-hybridized carbons (Fsp3) is 0.467. The molecule has 0 saturated heterocycles. The third kappa shape index (κ3) is 5.06. The average Bonchev–Trinajstić information content (AvgIpc) is 3.38. The van der Waals surface area contributed by atoms with E-state index in [0.717, 1.165) is 12.8 Å². The lowest BCUT2D eigenvalue weighted by molar-refractivity contribution is 0.672. The maximum absolute atomic E-state index is 4.42. The van der Waals surface area contributed by atoms with Gasteiger partial charge in [-0.15, -0.1) is 45.9 Å². The summed E-state index contributed by atoms with van der Waals surface area (Å²) in [4.78, 5) is 8.52. The Morgan fingerprint density at radius 3 is 2.00 bits per heavy atom. The van der Waals surface area contributed by atoms with Gasteiger partial charge in [0.15, 0.2) is 23.3 Å². The van der Waals surface area contributed by atoms with Crippen LogP contribution >= 0.6 is 0 Å². The maximum Gasteiger partial charge on any atom is 0.268 e. The molecule has 0 fully saturated rings. The number of hydrogen-bond acceptors (Lipinski definition) is 13. The molecular weight excluding hydrogens is 390 g/mol. The van der Waals surface area contributed by atoms with Crippen LogP contribution in [0.1, 0.15) is 48.3 Å². The van der Waals surface area contributed by atoms with Crippen molar-refractivity contribution >= 4 is 11.9 Å². The molecule has 4 aromatic heterocycles. The van der Waals surface area contributed by atoms with E-state index in [0.29, 0.717) is 60.2 Å². The molecule has 0 amide bonds. The Hall–Kier alpha value is -4.04. The van der Waals surface area contributed by atoms with Crippen LogP contribution in [0.25, 0.3) is 0 Å². The quantitative estimate of drug-likeness (QED) is 0.319. The number of rotatable bonds is 9. The largest absolute Gasteiger partial charge is 0.289 e. The first-order valence-electron chi connectivity index (χ1n) is 9.35. The van der Waals surface area contributed by atoms with Crippen molar-refractivity contribution < 1.29 is 0 Å². The highest BCUT2D eigenvalue weighted by Crippen LogP contribution is 2.06. The van der Waals surface area contributed by atoms with Gasteiger partial charge < -0.3 is 0 Å². The van der Waals surface area contributed by atoms with Crippen LogP contribution in [0.5, 0.6) is 0 Å². The molecule has 0 radical (unpaired) electrons. The van der Waals surface area contributed by atoms with Crippen LogP contribution in [-0.4, -0.2) is 71.2 Å². The van der Waals surface area contributed by atoms with Crippen molar-refractivity contribution in [3.8, 4) is 0 Å². The van der Waals surface area contributed by atoms with Gasteiger partial charge in [-0.3, -0.25) is 15.5 Å². The summed E-state index contributed by atoms with van der Waals surface area (Å²) < 4.78 is 0. The van der Waals surface area contributed by atoms with E-state index < -0.39 is 0 Å². The van der Waals surface area contributed by atoms with E-state index in [-0.39, 0.29) is 5.95 Å². The molecule has 0 bridgehead atoms. The summed E-state index contributed by atoms with van der Waals surface area (Å²) in [5, 5.41) is 48.8. The summed E-state index contributed by atoms with van der Waals surface area (Å²) in [6, 6.07) is 0. The van der Waals surface area contributed by atoms with Gasteiger partial charge in [-0.2, -0.15) is 10.1 Å². The SMILES string of the molecule is CCCc1nnc(CCc2n[nH]c(Cc3nnc(Nc4n[nH]c(C)n4)nn3)n2)nn1. The van der Waals surface area contributed by atoms with Crippen molar-refractivity contribution in [3.63, 3.8) is 0 Å². The first-order chi connectivity index (χ1) is 14.7. The van der Waals surface area contributed by atoms with Crippen molar-refractivity contribution in [2.75, 3.05) is 5.32 Å². The third-order valence-corrected chi connectivity index (χ3v) is 3.85. The first-order valence-corrected chi connectivity index (χ1v) is 9.35. The molecule has 0 saturated carbocycles. The van der Waals surface area contributed by atoms with E-state index >= 15 is 0 Å². The summed E-state index contributed by atoms with van der Waals surface area (Å²) in [7, 11) is 0. The minimum atomic E-state index is 0.197. The highest BCUT2D eigenvalue weighted by atomic mass is 15.4. The Bertz CT molecular complexity index is 1070. The Morgan fingerprint density at radius 1 is 0.667 bits per heavy atom. The zero-order chi connectivity index (χ0) is 20.8. The molecule has 15 heteroatoms. The van der Waals surface area contributed by atoms with Crippen LogP contribution in [0, 0.1) is 6.92 Å². The normalized spacial score (nSPS) is 11.0. The van der Waals surface area contributed by atoms with Crippen LogP contribution < -0.4 is 5.32 Å². The predicted octanol–water partition coefficient (Wildman–Crippen LogP) is -0.537. The second-order valence-electron chi connectivity index (χ2n) is 6.37. The van der Waals surface area contributed by atoms with E-state index in [1.807, 2.05) is 0 Å². The third-order valence-electron chi connectivity index (χ3n) is 3.85. The van der Waals surface area contributed by atoms with Crippen molar-refractivity contribution in [1.82, 2.24) is 71.2 Å². The molecule has 0 unspecified atom stereocenters. The van der Waals surface area contributed by atoms with Crippen LogP contribution in [0.15, 0.2) is 0 Å².